The van der Waals surface area contributed by atoms with E-state index in [-0.39, 0.29) is 27.2 Å². The Balaban J connectivity index is 2.58. The average Bonchev–Trinajstić information content (AvgIpc) is 2.59. The number of ether oxygens (including phenoxy) is 1. The summed E-state index contributed by atoms with van der Waals surface area (Å²) in [4.78, 5) is 21.8. The topological polar surface area (TPSA) is 107 Å². The number of esters is 1. The Kier molecular flexibility index (Phi) is 6.63. The highest BCUT2D eigenvalue weighted by Gasteiger charge is 2.29. The summed E-state index contributed by atoms with van der Waals surface area (Å²) in [5.74, 6) is -0.803. The number of carbonyl (C=O) groups excluding carboxylic acids is 1. The number of nitrogens with zero attached hydrogens (tertiary/aromatic N) is 2. The fraction of sp³-hybridized carbons (Fsp3) is 0.188. The lowest BCUT2D eigenvalue weighted by molar-refractivity contribution is -0.385. The second kappa shape index (κ2) is 8.55. The standard InChI is InChI=1S/C16H14Cl2N2O6S/c1-2-26-16(21)10-19(14-7-11(17)6-12(18)8-14)27(24,25)15-5-3-4-13(9-15)20(22)23/h3-9H,2,10H2,1H3. The molecule has 8 nitrogen and oxygen atoms in total. The smallest absolute Gasteiger partial charge is 0.326 e. The first kappa shape index (κ1) is 20.9. The summed E-state index contributed by atoms with van der Waals surface area (Å²) in [6.45, 7) is 0.975. The van der Waals surface area contributed by atoms with Gasteiger partial charge in [0.25, 0.3) is 15.7 Å². The van der Waals surface area contributed by atoms with Gasteiger partial charge in [-0.3, -0.25) is 19.2 Å². The van der Waals surface area contributed by atoms with Crippen molar-refractivity contribution in [2.45, 2.75) is 11.8 Å². The van der Waals surface area contributed by atoms with E-state index in [1.54, 1.807) is 6.92 Å². The Morgan fingerprint density at radius 1 is 1.19 bits per heavy atom. The lowest BCUT2D eigenvalue weighted by Crippen LogP contribution is -2.36. The van der Waals surface area contributed by atoms with Crippen molar-refractivity contribution in [2.24, 2.45) is 0 Å². The quantitative estimate of drug-likeness (QED) is 0.375. The van der Waals surface area contributed by atoms with Crippen molar-refractivity contribution in [3.63, 3.8) is 0 Å². The van der Waals surface area contributed by atoms with Gasteiger partial charge in [-0.05, 0) is 31.2 Å². The van der Waals surface area contributed by atoms with Gasteiger partial charge in [0, 0.05) is 22.2 Å². The molecule has 0 atom stereocenters. The predicted molar refractivity (Wildman–Crippen MR) is 101 cm³/mol. The third kappa shape index (κ3) is 5.09. The molecule has 27 heavy (non-hydrogen) atoms. The molecule has 0 aliphatic heterocycles. The van der Waals surface area contributed by atoms with Crippen molar-refractivity contribution in [3.05, 3.63) is 62.6 Å². The van der Waals surface area contributed by atoms with Gasteiger partial charge in [-0.1, -0.05) is 29.3 Å². The van der Waals surface area contributed by atoms with Gasteiger partial charge >= 0.3 is 5.97 Å². The highest BCUT2D eigenvalue weighted by atomic mass is 35.5. The Bertz CT molecular complexity index is 960. The van der Waals surface area contributed by atoms with Crippen molar-refractivity contribution in [2.75, 3.05) is 17.5 Å². The van der Waals surface area contributed by atoms with Crippen molar-refractivity contribution in [1.29, 1.82) is 0 Å². The Hall–Kier alpha value is -2.36. The molecule has 0 heterocycles. The SMILES string of the molecule is CCOC(=O)CN(c1cc(Cl)cc(Cl)c1)S(=O)(=O)c1cccc([N+](=O)[O-])c1. The molecule has 2 rings (SSSR count). The molecule has 0 unspecified atom stereocenters. The molecular weight excluding hydrogens is 419 g/mol. The molecule has 0 fully saturated rings. The zero-order chi connectivity index (χ0) is 20.2. The number of benzene rings is 2. The van der Waals surface area contributed by atoms with Gasteiger partial charge in [-0.15, -0.1) is 0 Å². The van der Waals surface area contributed by atoms with E-state index in [1.807, 2.05) is 0 Å². The summed E-state index contributed by atoms with van der Waals surface area (Å²) in [6.07, 6.45) is 0. The lowest BCUT2D eigenvalue weighted by atomic mass is 10.3. The van der Waals surface area contributed by atoms with E-state index >= 15 is 0 Å². The van der Waals surface area contributed by atoms with Crippen LogP contribution in [0, 0.1) is 10.1 Å². The number of hydrogen-bond donors (Lipinski definition) is 0. The first-order valence-electron chi connectivity index (χ1n) is 7.54. The van der Waals surface area contributed by atoms with Gasteiger partial charge in [-0.25, -0.2) is 8.42 Å². The molecule has 144 valence electrons. The van der Waals surface area contributed by atoms with E-state index in [1.165, 1.54) is 30.3 Å². The lowest BCUT2D eigenvalue weighted by Gasteiger charge is -2.24. The van der Waals surface area contributed by atoms with E-state index < -0.39 is 33.1 Å². The number of carbonyl (C=O) groups is 1. The Labute approximate surface area is 165 Å². The van der Waals surface area contributed by atoms with E-state index in [0.29, 0.717) is 0 Å². The first-order valence-corrected chi connectivity index (χ1v) is 9.73. The van der Waals surface area contributed by atoms with Crippen LogP contribution in [-0.2, 0) is 19.6 Å². The third-order valence-electron chi connectivity index (χ3n) is 3.33. The normalized spacial score (nSPS) is 11.1. The van der Waals surface area contributed by atoms with Crippen LogP contribution in [0.1, 0.15) is 6.92 Å². The zero-order valence-electron chi connectivity index (χ0n) is 14.0. The molecule has 0 aliphatic rings. The van der Waals surface area contributed by atoms with Crippen molar-refractivity contribution < 1.29 is 22.9 Å². The van der Waals surface area contributed by atoms with Crippen LogP contribution < -0.4 is 4.31 Å². The zero-order valence-corrected chi connectivity index (χ0v) is 16.3. The van der Waals surface area contributed by atoms with Crippen LogP contribution in [0.2, 0.25) is 10.0 Å². The molecule has 2 aromatic rings. The van der Waals surface area contributed by atoms with Crippen LogP contribution >= 0.6 is 23.2 Å². The number of anilines is 1. The number of sulfonamides is 1. The number of hydrogen-bond acceptors (Lipinski definition) is 6. The van der Waals surface area contributed by atoms with Crippen LogP contribution in [0.25, 0.3) is 0 Å². The highest BCUT2D eigenvalue weighted by Crippen LogP contribution is 2.30. The number of halogens is 2. The van der Waals surface area contributed by atoms with Crippen LogP contribution in [-0.4, -0.2) is 32.5 Å². The second-order valence-electron chi connectivity index (χ2n) is 5.20. The van der Waals surface area contributed by atoms with Crippen LogP contribution in [0.5, 0.6) is 0 Å². The van der Waals surface area contributed by atoms with Crippen LogP contribution in [0.4, 0.5) is 11.4 Å². The first-order chi connectivity index (χ1) is 12.6. The Morgan fingerprint density at radius 3 is 2.37 bits per heavy atom. The third-order valence-corrected chi connectivity index (χ3v) is 5.54. The molecular formula is C16H14Cl2N2O6S. The van der Waals surface area contributed by atoms with Crippen molar-refractivity contribution >= 4 is 50.6 Å². The molecule has 11 heteroatoms. The van der Waals surface area contributed by atoms with Crippen molar-refractivity contribution in [1.82, 2.24) is 0 Å². The van der Waals surface area contributed by atoms with Gasteiger partial charge in [0.15, 0.2) is 0 Å². The van der Waals surface area contributed by atoms with Gasteiger partial charge < -0.3 is 4.74 Å². The average molecular weight is 433 g/mol. The van der Waals surface area contributed by atoms with Crippen LogP contribution in [0.15, 0.2) is 47.4 Å². The monoisotopic (exact) mass is 432 g/mol. The molecule has 0 spiro atoms. The van der Waals surface area contributed by atoms with Gasteiger partial charge in [-0.2, -0.15) is 0 Å². The van der Waals surface area contributed by atoms with Gasteiger partial charge in [0.05, 0.1) is 22.1 Å². The maximum absolute atomic E-state index is 13.1. The summed E-state index contributed by atoms with van der Waals surface area (Å²) in [5.41, 5.74) is -0.386. The molecule has 0 N–H and O–H groups in total. The van der Waals surface area contributed by atoms with E-state index in [2.05, 4.69) is 0 Å². The molecule has 0 saturated heterocycles. The summed E-state index contributed by atoms with van der Waals surface area (Å²) < 4.78 is 31.7. The molecule has 0 amide bonds. The van der Waals surface area contributed by atoms with Crippen LogP contribution in [0.3, 0.4) is 0 Å². The number of non-ortho nitro benzene ring substituents is 1. The molecule has 0 radical (unpaired) electrons. The predicted octanol–water partition coefficient (Wildman–Crippen LogP) is 3.66. The molecule has 2 aromatic carbocycles. The van der Waals surface area contributed by atoms with E-state index in [9.17, 15) is 23.3 Å². The minimum atomic E-state index is -4.35. The summed E-state index contributed by atoms with van der Waals surface area (Å²) in [5, 5.41) is 11.3. The maximum atomic E-state index is 13.1. The highest BCUT2D eigenvalue weighted by molar-refractivity contribution is 7.92. The second-order valence-corrected chi connectivity index (χ2v) is 7.93. The number of nitro benzene ring substituents is 1. The number of nitro groups is 1. The minimum absolute atomic E-state index is 0.0204. The summed E-state index contributed by atoms with van der Waals surface area (Å²) in [7, 11) is -4.35. The van der Waals surface area contributed by atoms with Gasteiger partial charge in [0.1, 0.15) is 6.54 Å². The summed E-state index contributed by atoms with van der Waals surface area (Å²) in [6, 6.07) is 8.49. The van der Waals surface area contributed by atoms with E-state index in [4.69, 9.17) is 27.9 Å². The largest absolute Gasteiger partial charge is 0.465 e. The molecule has 0 saturated carbocycles. The summed E-state index contributed by atoms with van der Waals surface area (Å²) >= 11 is 11.9. The minimum Gasteiger partial charge on any atom is -0.465 e. The fourth-order valence-electron chi connectivity index (χ4n) is 2.21. The molecule has 0 bridgehead atoms. The molecule has 0 aromatic heterocycles. The van der Waals surface area contributed by atoms with E-state index in [0.717, 1.165) is 16.4 Å². The maximum Gasteiger partial charge on any atom is 0.326 e. The van der Waals surface area contributed by atoms with Crippen molar-refractivity contribution in [3.8, 4) is 0 Å². The number of rotatable bonds is 7. The molecule has 0 aliphatic carbocycles. The Morgan fingerprint density at radius 2 is 1.81 bits per heavy atom. The fourth-order valence-corrected chi connectivity index (χ4v) is 4.15. The van der Waals surface area contributed by atoms with Gasteiger partial charge in [0.2, 0.25) is 0 Å².